The van der Waals surface area contributed by atoms with Crippen molar-refractivity contribution in [1.29, 1.82) is 0 Å². The number of sulfone groups is 1. The molecule has 1 fully saturated rings. The summed E-state index contributed by atoms with van der Waals surface area (Å²) in [6, 6.07) is 5.25. The largest absolute Gasteiger partial charge is 0.383 e. The minimum Gasteiger partial charge on any atom is -0.383 e. The van der Waals surface area contributed by atoms with Gasteiger partial charge < -0.3 is 15.0 Å². The molecule has 1 heterocycles. The molecule has 1 aliphatic heterocycles. The number of carbonyl (C=O) groups is 1. The summed E-state index contributed by atoms with van der Waals surface area (Å²) in [6.45, 7) is 0.815. The van der Waals surface area contributed by atoms with E-state index < -0.39 is 9.84 Å². The van der Waals surface area contributed by atoms with Gasteiger partial charge in [0.1, 0.15) is 5.82 Å². The van der Waals surface area contributed by atoms with Gasteiger partial charge in [0.25, 0.3) is 0 Å². The first-order valence-electron chi connectivity index (χ1n) is 7.39. The van der Waals surface area contributed by atoms with Crippen LogP contribution < -0.4 is 5.32 Å². The van der Waals surface area contributed by atoms with Crippen LogP contribution in [0.25, 0.3) is 0 Å². The molecular weight excluding hydrogens is 323 g/mol. The summed E-state index contributed by atoms with van der Waals surface area (Å²) in [7, 11) is -1.56. The molecule has 1 N–H and O–H groups in total. The summed E-state index contributed by atoms with van der Waals surface area (Å²) < 4.78 is 41.4. The first-order chi connectivity index (χ1) is 10.9. The number of hydrogen-bond donors (Lipinski definition) is 1. The minimum atomic E-state index is -3.08. The van der Waals surface area contributed by atoms with Crippen molar-refractivity contribution in [3.05, 3.63) is 35.6 Å². The Morgan fingerprint density at radius 2 is 2.26 bits per heavy atom. The second kappa shape index (κ2) is 7.74. The van der Waals surface area contributed by atoms with Crippen LogP contribution in [0, 0.1) is 5.82 Å². The second-order valence-electron chi connectivity index (χ2n) is 5.53. The number of nitrogens with zero attached hydrogens (tertiary/aromatic N) is 1. The van der Waals surface area contributed by atoms with E-state index in [-0.39, 0.29) is 35.9 Å². The maximum atomic E-state index is 13.1. The SMILES string of the molecule is COCCN(C(=O)NCc1cccc(F)c1)C1CCS(=O)(=O)C1. The highest BCUT2D eigenvalue weighted by Gasteiger charge is 2.34. The van der Waals surface area contributed by atoms with Crippen LogP contribution >= 0.6 is 0 Å². The van der Waals surface area contributed by atoms with Gasteiger partial charge in [-0.3, -0.25) is 0 Å². The number of methoxy groups -OCH3 is 1. The van der Waals surface area contributed by atoms with Gasteiger partial charge >= 0.3 is 6.03 Å². The lowest BCUT2D eigenvalue weighted by atomic mass is 10.2. The number of urea groups is 1. The van der Waals surface area contributed by atoms with E-state index in [1.807, 2.05) is 0 Å². The van der Waals surface area contributed by atoms with Gasteiger partial charge in [-0.15, -0.1) is 0 Å². The normalized spacial score (nSPS) is 19.5. The van der Waals surface area contributed by atoms with Crippen LogP contribution in [0.3, 0.4) is 0 Å². The third-order valence-corrected chi connectivity index (χ3v) is 5.53. The van der Waals surface area contributed by atoms with Gasteiger partial charge in [-0.2, -0.15) is 0 Å². The van der Waals surface area contributed by atoms with Crippen LogP contribution in [0.1, 0.15) is 12.0 Å². The fraction of sp³-hybridized carbons (Fsp3) is 0.533. The summed E-state index contributed by atoms with van der Waals surface area (Å²) in [5.74, 6) is -0.294. The lowest BCUT2D eigenvalue weighted by molar-refractivity contribution is 0.133. The van der Waals surface area contributed by atoms with Crippen LogP contribution in [0.15, 0.2) is 24.3 Å². The monoisotopic (exact) mass is 344 g/mol. The van der Waals surface area contributed by atoms with E-state index in [2.05, 4.69) is 5.32 Å². The number of carbonyl (C=O) groups excluding carboxylic acids is 1. The van der Waals surface area contributed by atoms with Crippen molar-refractivity contribution >= 4 is 15.9 Å². The summed E-state index contributed by atoms with van der Waals surface area (Å²) in [5, 5.41) is 2.71. The molecule has 128 valence electrons. The third-order valence-electron chi connectivity index (χ3n) is 3.78. The van der Waals surface area contributed by atoms with E-state index in [0.29, 0.717) is 25.1 Å². The molecule has 1 aromatic carbocycles. The van der Waals surface area contributed by atoms with E-state index in [9.17, 15) is 17.6 Å². The molecule has 0 aliphatic carbocycles. The van der Waals surface area contributed by atoms with E-state index in [1.165, 1.54) is 24.1 Å². The Morgan fingerprint density at radius 1 is 1.48 bits per heavy atom. The molecule has 1 unspecified atom stereocenters. The van der Waals surface area contributed by atoms with Gasteiger partial charge in [0.15, 0.2) is 9.84 Å². The summed E-state index contributed by atoms with van der Waals surface area (Å²) in [6.07, 6.45) is 0.430. The van der Waals surface area contributed by atoms with Crippen LogP contribution in [-0.4, -0.2) is 57.2 Å². The van der Waals surface area contributed by atoms with Gasteiger partial charge in [0.2, 0.25) is 0 Å². The quantitative estimate of drug-likeness (QED) is 0.841. The Kier molecular flexibility index (Phi) is 5.95. The van der Waals surface area contributed by atoms with Crippen molar-refractivity contribution in [2.45, 2.75) is 19.0 Å². The van der Waals surface area contributed by atoms with Crippen LogP contribution in [0.4, 0.5) is 9.18 Å². The molecule has 0 aromatic heterocycles. The van der Waals surface area contributed by atoms with Crippen molar-refractivity contribution in [3.8, 4) is 0 Å². The number of amides is 2. The number of rotatable bonds is 6. The van der Waals surface area contributed by atoms with Crippen molar-refractivity contribution in [1.82, 2.24) is 10.2 Å². The second-order valence-corrected chi connectivity index (χ2v) is 7.76. The highest BCUT2D eigenvalue weighted by atomic mass is 32.2. The average Bonchev–Trinajstić information content (AvgIpc) is 2.85. The zero-order chi connectivity index (χ0) is 16.9. The molecule has 6 nitrogen and oxygen atoms in total. The number of benzene rings is 1. The molecule has 1 atom stereocenters. The lowest BCUT2D eigenvalue weighted by Crippen LogP contribution is -2.48. The fourth-order valence-electron chi connectivity index (χ4n) is 2.59. The van der Waals surface area contributed by atoms with Crippen molar-refractivity contribution in [2.24, 2.45) is 0 Å². The first kappa shape index (κ1) is 17.7. The Morgan fingerprint density at radius 3 is 2.87 bits per heavy atom. The first-order valence-corrected chi connectivity index (χ1v) is 9.22. The molecule has 2 amide bonds. The molecule has 8 heteroatoms. The predicted octanol–water partition coefficient (Wildman–Crippen LogP) is 1.17. The smallest absolute Gasteiger partial charge is 0.318 e. The van der Waals surface area contributed by atoms with Crippen molar-refractivity contribution < 1.29 is 22.3 Å². The molecular formula is C15H21FN2O4S. The summed E-state index contributed by atoms with van der Waals surface area (Å²) in [4.78, 5) is 13.9. The number of hydrogen-bond acceptors (Lipinski definition) is 4. The lowest BCUT2D eigenvalue weighted by Gasteiger charge is -2.28. The predicted molar refractivity (Wildman–Crippen MR) is 84.3 cm³/mol. The maximum Gasteiger partial charge on any atom is 0.318 e. The van der Waals surface area contributed by atoms with E-state index in [0.717, 1.165) is 0 Å². The van der Waals surface area contributed by atoms with Gasteiger partial charge in [0.05, 0.1) is 18.1 Å². The van der Waals surface area contributed by atoms with Crippen molar-refractivity contribution in [2.75, 3.05) is 31.8 Å². The zero-order valence-corrected chi connectivity index (χ0v) is 13.8. The van der Waals surface area contributed by atoms with Gasteiger partial charge in [-0.1, -0.05) is 12.1 Å². The highest BCUT2D eigenvalue weighted by Crippen LogP contribution is 2.18. The zero-order valence-electron chi connectivity index (χ0n) is 13.0. The molecule has 1 saturated heterocycles. The molecule has 23 heavy (non-hydrogen) atoms. The molecule has 1 aliphatic rings. The fourth-order valence-corrected chi connectivity index (χ4v) is 4.32. The van der Waals surface area contributed by atoms with E-state index in [4.69, 9.17) is 4.74 Å². The minimum absolute atomic E-state index is 0.0237. The van der Waals surface area contributed by atoms with Gasteiger partial charge in [-0.05, 0) is 24.1 Å². The van der Waals surface area contributed by atoms with E-state index >= 15 is 0 Å². The number of ether oxygens (including phenoxy) is 1. The number of halogens is 1. The standard InChI is InChI=1S/C15H21FN2O4S/c1-22-7-6-18(14-5-8-23(20,21)11-14)15(19)17-10-12-3-2-4-13(16)9-12/h2-4,9,14H,5-8,10-11H2,1H3,(H,17,19). The Hall–Kier alpha value is -1.67. The molecule has 0 bridgehead atoms. The van der Waals surface area contributed by atoms with Crippen LogP contribution in [-0.2, 0) is 21.1 Å². The average molecular weight is 344 g/mol. The Bertz CT molecular complexity index is 651. The van der Waals surface area contributed by atoms with Gasteiger partial charge in [-0.25, -0.2) is 17.6 Å². The van der Waals surface area contributed by atoms with Crippen LogP contribution in [0.5, 0.6) is 0 Å². The summed E-state index contributed by atoms with van der Waals surface area (Å²) in [5.41, 5.74) is 0.643. The maximum absolute atomic E-state index is 13.1. The third kappa shape index (κ3) is 5.18. The highest BCUT2D eigenvalue weighted by molar-refractivity contribution is 7.91. The molecule has 0 saturated carbocycles. The Labute approximate surface area is 135 Å². The molecule has 0 radical (unpaired) electrons. The molecule has 2 rings (SSSR count). The molecule has 1 aromatic rings. The van der Waals surface area contributed by atoms with Crippen LogP contribution in [0.2, 0.25) is 0 Å². The Balaban J connectivity index is 1.99. The van der Waals surface area contributed by atoms with E-state index in [1.54, 1.807) is 12.1 Å². The molecule has 0 spiro atoms. The van der Waals surface area contributed by atoms with Gasteiger partial charge in [0, 0.05) is 26.2 Å². The summed E-state index contributed by atoms with van der Waals surface area (Å²) >= 11 is 0. The number of nitrogens with one attached hydrogen (secondary N) is 1. The van der Waals surface area contributed by atoms with Crippen molar-refractivity contribution in [3.63, 3.8) is 0 Å². The topological polar surface area (TPSA) is 75.7 Å².